The molecule has 1 N–H and O–H groups in total. The van der Waals surface area contributed by atoms with Crippen LogP contribution >= 0.6 is 11.8 Å². The van der Waals surface area contributed by atoms with E-state index in [1.807, 2.05) is 25.2 Å². The summed E-state index contributed by atoms with van der Waals surface area (Å²) in [4.78, 5) is 11.6. The van der Waals surface area contributed by atoms with Gasteiger partial charge in [-0.25, -0.2) is 0 Å². The van der Waals surface area contributed by atoms with E-state index in [2.05, 4.69) is 24.0 Å². The zero-order chi connectivity index (χ0) is 13.2. The first-order valence-corrected chi connectivity index (χ1v) is 7.37. The fourth-order valence-electron chi connectivity index (χ4n) is 1.55. The van der Waals surface area contributed by atoms with Crippen LogP contribution in [0.4, 0.5) is 0 Å². The molecule has 1 aliphatic carbocycles. The number of thioether (sulfide) groups is 1. The molecular weight excluding hydrogens is 242 g/mol. The number of carbonyl (C=O) groups excluding carboxylic acids is 1. The predicted molar refractivity (Wildman–Crippen MR) is 80.7 cm³/mol. The van der Waals surface area contributed by atoms with Crippen LogP contribution in [-0.4, -0.2) is 24.0 Å². The standard InChI is InChI=1S/C15H21NOS/c1-3-6-14(7-4-2)11-18-12-15(17)16-10-13-8-5-9-13/h3-8,13H,1,9-12H2,2H3,(H,16,17)/b7-4-,14-6+. The number of carbonyl (C=O) groups is 1. The van der Waals surface area contributed by atoms with Crippen LogP contribution in [0, 0.1) is 5.92 Å². The Bertz CT molecular complexity index is 369. The third-order valence-corrected chi connectivity index (χ3v) is 3.63. The maximum Gasteiger partial charge on any atom is 0.230 e. The molecule has 0 saturated carbocycles. The van der Waals surface area contributed by atoms with Gasteiger partial charge < -0.3 is 5.32 Å². The summed E-state index contributed by atoms with van der Waals surface area (Å²) < 4.78 is 0. The van der Waals surface area contributed by atoms with Gasteiger partial charge in [0.15, 0.2) is 0 Å². The SMILES string of the molecule is C=C/C=C(\C=C/C)CSCC(=O)NCC1C=CC1. The minimum atomic E-state index is 0.124. The van der Waals surface area contributed by atoms with E-state index in [9.17, 15) is 4.79 Å². The molecule has 3 heteroatoms. The highest BCUT2D eigenvalue weighted by molar-refractivity contribution is 8.00. The van der Waals surface area contributed by atoms with Crippen molar-refractivity contribution in [2.45, 2.75) is 13.3 Å². The van der Waals surface area contributed by atoms with E-state index in [1.54, 1.807) is 17.8 Å². The van der Waals surface area contributed by atoms with E-state index < -0.39 is 0 Å². The van der Waals surface area contributed by atoms with E-state index in [-0.39, 0.29) is 5.91 Å². The lowest BCUT2D eigenvalue weighted by Gasteiger charge is -2.17. The lowest BCUT2D eigenvalue weighted by atomic mass is 9.95. The van der Waals surface area contributed by atoms with Gasteiger partial charge in [0.2, 0.25) is 5.91 Å². The number of nitrogens with one attached hydrogen (secondary N) is 1. The molecule has 0 spiro atoms. The summed E-state index contributed by atoms with van der Waals surface area (Å²) in [5, 5.41) is 2.95. The fourth-order valence-corrected chi connectivity index (χ4v) is 2.37. The minimum Gasteiger partial charge on any atom is -0.355 e. The summed E-state index contributed by atoms with van der Waals surface area (Å²) in [5.41, 5.74) is 1.19. The van der Waals surface area contributed by atoms with Crippen molar-refractivity contribution in [3.8, 4) is 0 Å². The molecule has 0 fully saturated rings. The van der Waals surface area contributed by atoms with Gasteiger partial charge in [0, 0.05) is 12.3 Å². The highest BCUT2D eigenvalue weighted by Gasteiger charge is 2.11. The van der Waals surface area contributed by atoms with E-state index in [0.29, 0.717) is 11.7 Å². The Hall–Kier alpha value is -1.22. The third kappa shape index (κ3) is 5.92. The van der Waals surface area contributed by atoms with Crippen molar-refractivity contribution in [2.24, 2.45) is 5.92 Å². The minimum absolute atomic E-state index is 0.124. The smallest absolute Gasteiger partial charge is 0.230 e. The van der Waals surface area contributed by atoms with Gasteiger partial charge in [-0.2, -0.15) is 0 Å². The monoisotopic (exact) mass is 263 g/mol. The number of hydrogen-bond acceptors (Lipinski definition) is 2. The van der Waals surface area contributed by atoms with Crippen LogP contribution in [0.1, 0.15) is 13.3 Å². The van der Waals surface area contributed by atoms with Crippen molar-refractivity contribution < 1.29 is 4.79 Å². The number of allylic oxidation sites excluding steroid dienone is 5. The largest absolute Gasteiger partial charge is 0.355 e. The van der Waals surface area contributed by atoms with E-state index in [4.69, 9.17) is 0 Å². The first kappa shape index (κ1) is 14.8. The van der Waals surface area contributed by atoms with E-state index in [0.717, 1.165) is 18.7 Å². The lowest BCUT2D eigenvalue weighted by molar-refractivity contribution is -0.118. The van der Waals surface area contributed by atoms with Gasteiger partial charge in [0.05, 0.1) is 5.75 Å². The van der Waals surface area contributed by atoms with Crippen LogP contribution in [0.5, 0.6) is 0 Å². The molecule has 0 aromatic carbocycles. The van der Waals surface area contributed by atoms with Gasteiger partial charge in [-0.1, -0.05) is 43.0 Å². The Labute approximate surface area is 114 Å². The van der Waals surface area contributed by atoms with Crippen LogP contribution in [0.25, 0.3) is 0 Å². The first-order valence-electron chi connectivity index (χ1n) is 6.21. The summed E-state index contributed by atoms with van der Waals surface area (Å²) >= 11 is 1.63. The Morgan fingerprint density at radius 2 is 2.33 bits per heavy atom. The molecule has 0 radical (unpaired) electrons. The van der Waals surface area contributed by atoms with Gasteiger partial charge in [-0.3, -0.25) is 4.79 Å². The molecule has 1 rings (SSSR count). The summed E-state index contributed by atoms with van der Waals surface area (Å²) in [5.74, 6) is 2.03. The Balaban J connectivity index is 2.14. The molecule has 18 heavy (non-hydrogen) atoms. The van der Waals surface area contributed by atoms with Crippen LogP contribution in [-0.2, 0) is 4.79 Å². The summed E-state index contributed by atoms with van der Waals surface area (Å²) in [6, 6.07) is 0. The summed E-state index contributed by atoms with van der Waals surface area (Å²) in [6.45, 7) is 6.45. The Morgan fingerprint density at radius 1 is 1.56 bits per heavy atom. The van der Waals surface area contributed by atoms with Gasteiger partial charge in [0.25, 0.3) is 0 Å². The molecule has 0 aromatic heterocycles. The fraction of sp³-hybridized carbons (Fsp3) is 0.400. The number of hydrogen-bond donors (Lipinski definition) is 1. The van der Waals surface area contributed by atoms with Crippen molar-refractivity contribution in [3.05, 3.63) is 48.6 Å². The number of amides is 1. The maximum absolute atomic E-state index is 11.6. The Kier molecular flexibility index (Phi) is 7.26. The molecule has 1 aliphatic rings. The van der Waals surface area contributed by atoms with Crippen molar-refractivity contribution in [2.75, 3.05) is 18.1 Å². The van der Waals surface area contributed by atoms with Crippen LogP contribution < -0.4 is 5.32 Å². The second-order valence-corrected chi connectivity index (χ2v) is 5.18. The molecule has 0 bridgehead atoms. The summed E-state index contributed by atoms with van der Waals surface area (Å²) in [7, 11) is 0. The number of rotatable bonds is 8. The second kappa shape index (κ2) is 8.81. The topological polar surface area (TPSA) is 29.1 Å². The molecule has 1 amide bonds. The highest BCUT2D eigenvalue weighted by Crippen LogP contribution is 2.15. The van der Waals surface area contributed by atoms with Crippen molar-refractivity contribution in [1.82, 2.24) is 5.32 Å². The van der Waals surface area contributed by atoms with E-state index >= 15 is 0 Å². The molecule has 0 aliphatic heterocycles. The molecule has 1 atom stereocenters. The molecule has 0 saturated heterocycles. The first-order chi connectivity index (χ1) is 8.76. The third-order valence-electron chi connectivity index (χ3n) is 2.62. The molecule has 2 nitrogen and oxygen atoms in total. The summed E-state index contributed by atoms with van der Waals surface area (Å²) in [6.07, 6.45) is 13.2. The molecule has 1 unspecified atom stereocenters. The zero-order valence-corrected chi connectivity index (χ0v) is 11.7. The van der Waals surface area contributed by atoms with Gasteiger partial charge in [-0.05, 0) is 24.8 Å². The predicted octanol–water partition coefficient (Wildman–Crippen LogP) is 3.10. The van der Waals surface area contributed by atoms with Crippen LogP contribution in [0.3, 0.4) is 0 Å². The van der Waals surface area contributed by atoms with Crippen LogP contribution in [0.15, 0.2) is 48.6 Å². The lowest BCUT2D eigenvalue weighted by Crippen LogP contribution is -2.31. The average Bonchev–Trinajstić information content (AvgIpc) is 2.27. The average molecular weight is 263 g/mol. The molecule has 0 heterocycles. The molecular formula is C15H21NOS. The van der Waals surface area contributed by atoms with E-state index in [1.165, 1.54) is 5.57 Å². The van der Waals surface area contributed by atoms with Gasteiger partial charge in [-0.15, -0.1) is 11.8 Å². The maximum atomic E-state index is 11.6. The molecule has 0 aromatic rings. The quantitative estimate of drug-likeness (QED) is 0.538. The molecule has 98 valence electrons. The highest BCUT2D eigenvalue weighted by atomic mass is 32.2. The van der Waals surface area contributed by atoms with Crippen molar-refractivity contribution >= 4 is 17.7 Å². The van der Waals surface area contributed by atoms with Gasteiger partial charge >= 0.3 is 0 Å². The second-order valence-electron chi connectivity index (χ2n) is 4.20. The normalized spacial score (nSPS) is 18.7. The Morgan fingerprint density at radius 3 is 2.89 bits per heavy atom. The zero-order valence-electron chi connectivity index (χ0n) is 10.9. The van der Waals surface area contributed by atoms with Crippen molar-refractivity contribution in [3.63, 3.8) is 0 Å². The van der Waals surface area contributed by atoms with Gasteiger partial charge in [0.1, 0.15) is 0 Å². The van der Waals surface area contributed by atoms with Crippen molar-refractivity contribution in [1.29, 1.82) is 0 Å². The van der Waals surface area contributed by atoms with Crippen LogP contribution in [0.2, 0.25) is 0 Å².